The molecule has 0 aromatic carbocycles. The average molecular weight is 772 g/mol. The number of allylic oxidation sites excluding steroid dienone is 3. The number of carbonyl (C=O) groups is 1. The van der Waals surface area contributed by atoms with Crippen LogP contribution >= 0.6 is 7.82 Å². The highest BCUT2D eigenvalue weighted by atomic mass is 31.2. The molecule has 0 bridgehead atoms. The number of unbranched alkanes of at least 4 members (excludes halogenated alkanes) is 25. The molecule has 1 amide bonds. The average Bonchev–Trinajstić information content (AvgIpc) is 3.11. The van der Waals surface area contributed by atoms with Gasteiger partial charge in [-0.3, -0.25) is 13.8 Å². The second-order valence-corrected chi connectivity index (χ2v) is 17.9. The third kappa shape index (κ3) is 39.0. The summed E-state index contributed by atoms with van der Waals surface area (Å²) in [4.78, 5) is 22.4. The smallest absolute Gasteiger partial charge is 0.387 e. The predicted molar refractivity (Wildman–Crippen MR) is 226 cm³/mol. The van der Waals surface area contributed by atoms with Crippen LogP contribution < -0.4 is 5.32 Å². The van der Waals surface area contributed by atoms with Crippen molar-refractivity contribution in [1.82, 2.24) is 5.32 Å². The van der Waals surface area contributed by atoms with Gasteiger partial charge in [0.1, 0.15) is 13.2 Å². The lowest BCUT2D eigenvalue weighted by atomic mass is 10.0. The summed E-state index contributed by atoms with van der Waals surface area (Å²) in [6.45, 7) is 4.55. The number of aliphatic hydroxyl groups is 1. The molecule has 9 heteroatoms. The van der Waals surface area contributed by atoms with Crippen molar-refractivity contribution < 1.29 is 32.9 Å². The first-order valence-corrected chi connectivity index (χ1v) is 23.7. The number of nitrogens with one attached hydrogen (secondary N) is 1. The van der Waals surface area contributed by atoms with E-state index in [0.717, 1.165) is 32.1 Å². The van der Waals surface area contributed by atoms with E-state index in [9.17, 15) is 19.4 Å². The van der Waals surface area contributed by atoms with Gasteiger partial charge in [0.05, 0.1) is 39.9 Å². The standard InChI is InChI=1S/C44H87N2O6P/c1-6-8-10-11-12-13-14-15-16-17-18-19-20-21-22-23-24-25-26-27-28-29-30-31-32-33-34-35-36-37-43(47)42(45-44(48)38-9-7-2)41-52-53(49,50)51-40-39-46(3,4)5/h32-33,36-37,42-43,47H,6-31,34-35,38-41H2,1-5H3,(H-,45,48,49,50)/p+1/b33-32+,37-36+. The Kier molecular flexibility index (Phi) is 35.9. The van der Waals surface area contributed by atoms with E-state index in [1.165, 1.54) is 148 Å². The summed E-state index contributed by atoms with van der Waals surface area (Å²) < 4.78 is 23.2. The molecule has 0 aliphatic rings. The van der Waals surface area contributed by atoms with Crippen LogP contribution in [0.15, 0.2) is 24.3 Å². The van der Waals surface area contributed by atoms with Gasteiger partial charge in [0.15, 0.2) is 0 Å². The molecule has 314 valence electrons. The molecule has 3 atom stereocenters. The van der Waals surface area contributed by atoms with Crippen LogP contribution in [0.25, 0.3) is 0 Å². The lowest BCUT2D eigenvalue weighted by Gasteiger charge is -2.25. The van der Waals surface area contributed by atoms with Gasteiger partial charge in [-0.2, -0.15) is 0 Å². The zero-order chi connectivity index (χ0) is 39.3. The van der Waals surface area contributed by atoms with Crippen molar-refractivity contribution in [3.8, 4) is 0 Å². The van der Waals surface area contributed by atoms with Crippen LogP contribution in [-0.2, 0) is 18.4 Å². The topological polar surface area (TPSA) is 105 Å². The van der Waals surface area contributed by atoms with Crippen molar-refractivity contribution in [1.29, 1.82) is 0 Å². The number of rotatable bonds is 40. The molecular weight excluding hydrogens is 683 g/mol. The second-order valence-electron chi connectivity index (χ2n) is 16.4. The molecule has 0 saturated carbocycles. The van der Waals surface area contributed by atoms with Crippen LogP contribution in [0, 0.1) is 0 Å². The number of nitrogens with zero attached hydrogens (tertiary/aromatic N) is 1. The van der Waals surface area contributed by atoms with Gasteiger partial charge >= 0.3 is 7.82 Å². The first-order valence-electron chi connectivity index (χ1n) is 22.2. The summed E-state index contributed by atoms with van der Waals surface area (Å²) in [5.74, 6) is -0.222. The summed E-state index contributed by atoms with van der Waals surface area (Å²) in [6.07, 6.45) is 44.0. The van der Waals surface area contributed by atoms with Gasteiger partial charge < -0.3 is 19.8 Å². The normalized spacial score (nSPS) is 14.6. The highest BCUT2D eigenvalue weighted by Gasteiger charge is 2.27. The fraction of sp³-hybridized carbons (Fsp3) is 0.886. The number of amides is 1. The number of likely N-dealkylation sites (N-methyl/N-ethyl adjacent to an activating group) is 1. The molecule has 0 aromatic heterocycles. The van der Waals surface area contributed by atoms with Crippen LogP contribution in [0.5, 0.6) is 0 Å². The fourth-order valence-corrected chi connectivity index (χ4v) is 7.07. The lowest BCUT2D eigenvalue weighted by molar-refractivity contribution is -0.870. The Hall–Kier alpha value is -1.02. The third-order valence-corrected chi connectivity index (χ3v) is 10.9. The Labute approximate surface area is 328 Å². The molecule has 0 spiro atoms. The Bertz CT molecular complexity index is 922. The van der Waals surface area contributed by atoms with E-state index < -0.39 is 20.0 Å². The number of hydrogen-bond donors (Lipinski definition) is 3. The summed E-state index contributed by atoms with van der Waals surface area (Å²) in [5.41, 5.74) is 0. The number of hydrogen-bond acceptors (Lipinski definition) is 5. The van der Waals surface area contributed by atoms with Gasteiger partial charge in [-0.05, 0) is 32.1 Å². The van der Waals surface area contributed by atoms with Crippen molar-refractivity contribution >= 4 is 13.7 Å². The molecule has 53 heavy (non-hydrogen) atoms. The second kappa shape index (κ2) is 36.6. The fourth-order valence-electron chi connectivity index (χ4n) is 6.33. The van der Waals surface area contributed by atoms with Crippen LogP contribution in [-0.4, -0.2) is 73.4 Å². The first-order chi connectivity index (χ1) is 25.5. The molecule has 3 unspecified atom stereocenters. The van der Waals surface area contributed by atoms with Crippen molar-refractivity contribution in [3.63, 3.8) is 0 Å². The van der Waals surface area contributed by atoms with E-state index in [1.807, 2.05) is 34.1 Å². The van der Waals surface area contributed by atoms with Crippen LogP contribution in [0.1, 0.15) is 200 Å². The number of phosphoric ester groups is 1. The van der Waals surface area contributed by atoms with Crippen LogP contribution in [0.2, 0.25) is 0 Å². The maximum absolute atomic E-state index is 12.4. The highest BCUT2D eigenvalue weighted by molar-refractivity contribution is 7.47. The van der Waals surface area contributed by atoms with Gasteiger partial charge in [-0.1, -0.05) is 186 Å². The molecular formula is C44H88N2O6P+. The largest absolute Gasteiger partial charge is 0.472 e. The molecule has 0 aliphatic carbocycles. The van der Waals surface area contributed by atoms with Gasteiger partial charge in [0.2, 0.25) is 5.91 Å². The number of carbonyl (C=O) groups excluding carboxylic acids is 1. The number of quaternary nitrogens is 1. The molecule has 0 radical (unpaired) electrons. The van der Waals surface area contributed by atoms with Gasteiger partial charge in [-0.15, -0.1) is 0 Å². The SMILES string of the molecule is CCCCCCCCCCCCCCCCCCCCCCCCC/C=C/CC/C=C/C(O)C(COP(=O)(O)OCC[N+](C)(C)C)NC(=O)CCCC. The van der Waals surface area contributed by atoms with E-state index in [1.54, 1.807) is 6.08 Å². The molecule has 0 fully saturated rings. The van der Waals surface area contributed by atoms with E-state index in [-0.39, 0.29) is 19.1 Å². The molecule has 8 nitrogen and oxygen atoms in total. The molecule has 0 rings (SSSR count). The third-order valence-electron chi connectivity index (χ3n) is 9.92. The monoisotopic (exact) mass is 772 g/mol. The van der Waals surface area contributed by atoms with Gasteiger partial charge in [0, 0.05) is 6.42 Å². The van der Waals surface area contributed by atoms with Crippen molar-refractivity contribution in [3.05, 3.63) is 24.3 Å². The van der Waals surface area contributed by atoms with E-state index in [4.69, 9.17) is 9.05 Å². The summed E-state index contributed by atoms with van der Waals surface area (Å²) >= 11 is 0. The Morgan fingerprint density at radius 3 is 1.49 bits per heavy atom. The molecule has 0 saturated heterocycles. The van der Waals surface area contributed by atoms with Crippen LogP contribution in [0.3, 0.4) is 0 Å². The van der Waals surface area contributed by atoms with Gasteiger partial charge in [0.25, 0.3) is 0 Å². The van der Waals surface area contributed by atoms with Crippen LogP contribution in [0.4, 0.5) is 0 Å². The predicted octanol–water partition coefficient (Wildman–Crippen LogP) is 12.1. The van der Waals surface area contributed by atoms with Crippen molar-refractivity contribution in [2.75, 3.05) is 40.9 Å². The zero-order valence-electron chi connectivity index (χ0n) is 35.5. The summed E-state index contributed by atoms with van der Waals surface area (Å²) in [7, 11) is 1.55. The van der Waals surface area contributed by atoms with Crippen molar-refractivity contribution in [2.24, 2.45) is 0 Å². The molecule has 3 N–H and O–H groups in total. The Balaban J connectivity index is 3.87. The minimum absolute atomic E-state index is 0.0560. The van der Waals surface area contributed by atoms with Crippen molar-refractivity contribution in [2.45, 2.75) is 212 Å². The first kappa shape index (κ1) is 52.0. The Morgan fingerprint density at radius 1 is 0.623 bits per heavy atom. The molecule has 0 heterocycles. The number of phosphoric acid groups is 1. The minimum Gasteiger partial charge on any atom is -0.387 e. The quantitative estimate of drug-likeness (QED) is 0.0248. The highest BCUT2D eigenvalue weighted by Crippen LogP contribution is 2.43. The van der Waals surface area contributed by atoms with Gasteiger partial charge in [-0.25, -0.2) is 4.57 Å². The summed E-state index contributed by atoms with van der Waals surface area (Å²) in [5, 5.41) is 13.5. The Morgan fingerprint density at radius 2 is 1.04 bits per heavy atom. The van der Waals surface area contributed by atoms with E-state index in [2.05, 4.69) is 24.4 Å². The summed E-state index contributed by atoms with van der Waals surface area (Å²) in [6, 6.07) is -0.854. The maximum Gasteiger partial charge on any atom is 0.472 e. The maximum atomic E-state index is 12.4. The zero-order valence-corrected chi connectivity index (χ0v) is 36.4. The van der Waals surface area contributed by atoms with E-state index >= 15 is 0 Å². The molecule has 0 aliphatic heterocycles. The minimum atomic E-state index is -4.32. The molecule has 0 aromatic rings. The lowest BCUT2D eigenvalue weighted by Crippen LogP contribution is -2.45. The van der Waals surface area contributed by atoms with E-state index in [0.29, 0.717) is 17.4 Å². The number of aliphatic hydroxyl groups excluding tert-OH is 1.